The largest absolute Gasteiger partial charge is 0.401 e. The summed E-state index contributed by atoms with van der Waals surface area (Å²) in [5.41, 5.74) is 0. The van der Waals surface area contributed by atoms with Gasteiger partial charge in [0.25, 0.3) is 0 Å². The van der Waals surface area contributed by atoms with E-state index in [1.165, 1.54) is 4.88 Å². The lowest BCUT2D eigenvalue weighted by molar-refractivity contribution is -0.148. The predicted molar refractivity (Wildman–Crippen MR) is 71.2 cm³/mol. The van der Waals surface area contributed by atoms with Gasteiger partial charge >= 0.3 is 6.18 Å². The summed E-state index contributed by atoms with van der Waals surface area (Å²) in [6.07, 6.45) is -2.32. The molecule has 1 heterocycles. The van der Waals surface area contributed by atoms with Crippen LogP contribution in [0, 0.1) is 0 Å². The SMILES string of the molecule is CCNCc1ccc(CN(CC(F)(F)F)C2CC2)s1. The van der Waals surface area contributed by atoms with Gasteiger partial charge in [0, 0.05) is 28.9 Å². The van der Waals surface area contributed by atoms with E-state index in [0.717, 1.165) is 30.8 Å². The lowest BCUT2D eigenvalue weighted by atomic mass is 10.3. The molecule has 0 amide bonds. The van der Waals surface area contributed by atoms with Gasteiger partial charge in [-0.1, -0.05) is 6.92 Å². The van der Waals surface area contributed by atoms with Crippen molar-refractivity contribution >= 4 is 11.3 Å². The topological polar surface area (TPSA) is 15.3 Å². The first-order valence-electron chi connectivity index (χ1n) is 6.57. The molecule has 0 radical (unpaired) electrons. The van der Waals surface area contributed by atoms with E-state index in [2.05, 4.69) is 5.32 Å². The normalized spacial score (nSPS) is 16.3. The second-order valence-corrected chi connectivity index (χ2v) is 6.15. The molecule has 1 aliphatic carbocycles. The van der Waals surface area contributed by atoms with Crippen molar-refractivity contribution in [1.29, 1.82) is 0 Å². The zero-order chi connectivity index (χ0) is 13.9. The molecule has 1 aliphatic rings. The highest BCUT2D eigenvalue weighted by molar-refractivity contribution is 7.11. The molecule has 6 heteroatoms. The quantitative estimate of drug-likeness (QED) is 0.829. The summed E-state index contributed by atoms with van der Waals surface area (Å²) in [7, 11) is 0. The van der Waals surface area contributed by atoms with Crippen LogP contribution < -0.4 is 5.32 Å². The van der Waals surface area contributed by atoms with Crippen molar-refractivity contribution < 1.29 is 13.2 Å². The van der Waals surface area contributed by atoms with Gasteiger partial charge in [-0.05, 0) is 31.5 Å². The molecule has 0 spiro atoms. The van der Waals surface area contributed by atoms with Crippen molar-refractivity contribution in [2.75, 3.05) is 13.1 Å². The average Bonchev–Trinajstić information content (AvgIpc) is 3.07. The van der Waals surface area contributed by atoms with Gasteiger partial charge in [-0.3, -0.25) is 4.90 Å². The Balaban J connectivity index is 1.91. The monoisotopic (exact) mass is 292 g/mol. The molecule has 1 aromatic rings. The van der Waals surface area contributed by atoms with Crippen LogP contribution in [-0.4, -0.2) is 30.2 Å². The lowest BCUT2D eigenvalue weighted by Gasteiger charge is -2.22. The Morgan fingerprint density at radius 3 is 2.58 bits per heavy atom. The van der Waals surface area contributed by atoms with Crippen molar-refractivity contribution in [3.05, 3.63) is 21.9 Å². The average molecular weight is 292 g/mol. The molecule has 1 N–H and O–H groups in total. The van der Waals surface area contributed by atoms with Crippen LogP contribution in [0.4, 0.5) is 13.2 Å². The summed E-state index contributed by atoms with van der Waals surface area (Å²) >= 11 is 1.60. The van der Waals surface area contributed by atoms with E-state index in [-0.39, 0.29) is 6.04 Å². The van der Waals surface area contributed by atoms with Gasteiger partial charge in [-0.2, -0.15) is 13.2 Å². The first kappa shape index (κ1) is 14.8. The Kier molecular flexibility index (Phi) is 4.86. The standard InChI is InChI=1S/C13H19F3N2S/c1-2-17-7-11-5-6-12(19-11)8-18(10-3-4-10)9-13(14,15)16/h5-6,10,17H,2-4,7-9H2,1H3. The fourth-order valence-electron chi connectivity index (χ4n) is 2.03. The molecule has 108 valence electrons. The van der Waals surface area contributed by atoms with E-state index in [0.29, 0.717) is 6.54 Å². The molecule has 0 saturated heterocycles. The van der Waals surface area contributed by atoms with Crippen LogP contribution in [0.2, 0.25) is 0 Å². The number of nitrogens with one attached hydrogen (secondary N) is 1. The third-order valence-corrected chi connectivity index (χ3v) is 4.14. The van der Waals surface area contributed by atoms with Gasteiger partial charge in [0.05, 0.1) is 6.54 Å². The van der Waals surface area contributed by atoms with Crippen LogP contribution in [0.3, 0.4) is 0 Å². The molecule has 0 atom stereocenters. The molecule has 0 aromatic carbocycles. The van der Waals surface area contributed by atoms with Crippen LogP contribution in [-0.2, 0) is 13.1 Å². The molecule has 2 nitrogen and oxygen atoms in total. The minimum absolute atomic E-state index is 0.126. The van der Waals surface area contributed by atoms with Gasteiger partial charge in [-0.15, -0.1) is 11.3 Å². The summed E-state index contributed by atoms with van der Waals surface area (Å²) in [4.78, 5) is 3.76. The molecule has 0 unspecified atom stereocenters. The van der Waals surface area contributed by atoms with Gasteiger partial charge in [-0.25, -0.2) is 0 Å². The van der Waals surface area contributed by atoms with Crippen LogP contribution in [0.15, 0.2) is 12.1 Å². The Morgan fingerprint density at radius 1 is 1.32 bits per heavy atom. The Morgan fingerprint density at radius 2 is 2.00 bits per heavy atom. The minimum atomic E-state index is -4.10. The van der Waals surface area contributed by atoms with E-state index in [4.69, 9.17) is 0 Å². The van der Waals surface area contributed by atoms with E-state index < -0.39 is 12.7 Å². The Bertz CT molecular complexity index is 399. The summed E-state index contributed by atoms with van der Waals surface area (Å²) in [6, 6.07) is 4.07. The highest BCUT2D eigenvalue weighted by atomic mass is 32.1. The third kappa shape index (κ3) is 5.12. The Hall–Kier alpha value is -0.590. The van der Waals surface area contributed by atoms with Crippen molar-refractivity contribution in [2.24, 2.45) is 0 Å². The number of hydrogen-bond acceptors (Lipinski definition) is 3. The maximum absolute atomic E-state index is 12.5. The van der Waals surface area contributed by atoms with Crippen LogP contribution in [0.25, 0.3) is 0 Å². The summed E-state index contributed by atoms with van der Waals surface area (Å²) in [5, 5.41) is 3.22. The molecule has 2 rings (SSSR count). The van der Waals surface area contributed by atoms with Crippen molar-refractivity contribution in [2.45, 2.75) is 45.1 Å². The van der Waals surface area contributed by atoms with Gasteiger partial charge in [0.2, 0.25) is 0 Å². The number of halogens is 3. The smallest absolute Gasteiger partial charge is 0.312 e. The van der Waals surface area contributed by atoms with Crippen molar-refractivity contribution in [1.82, 2.24) is 10.2 Å². The van der Waals surface area contributed by atoms with Crippen molar-refractivity contribution in [3.63, 3.8) is 0 Å². The first-order chi connectivity index (χ1) is 8.98. The number of hydrogen-bond donors (Lipinski definition) is 1. The predicted octanol–water partition coefficient (Wildman–Crippen LogP) is 3.38. The van der Waals surface area contributed by atoms with Crippen LogP contribution in [0.5, 0.6) is 0 Å². The number of alkyl halides is 3. The number of rotatable bonds is 7. The molecular formula is C13H19F3N2S. The van der Waals surface area contributed by atoms with E-state index >= 15 is 0 Å². The van der Waals surface area contributed by atoms with Gasteiger partial charge in [0.15, 0.2) is 0 Å². The minimum Gasteiger partial charge on any atom is -0.312 e. The van der Waals surface area contributed by atoms with E-state index in [1.54, 1.807) is 16.2 Å². The van der Waals surface area contributed by atoms with Crippen LogP contribution >= 0.6 is 11.3 Å². The molecule has 1 aromatic heterocycles. The highest BCUT2D eigenvalue weighted by Crippen LogP contribution is 2.32. The third-order valence-electron chi connectivity index (χ3n) is 3.07. The molecule has 1 saturated carbocycles. The van der Waals surface area contributed by atoms with Gasteiger partial charge < -0.3 is 5.32 Å². The summed E-state index contributed by atoms with van der Waals surface area (Å²) in [5.74, 6) is 0. The summed E-state index contributed by atoms with van der Waals surface area (Å²) in [6.45, 7) is 3.35. The molecule has 0 aliphatic heterocycles. The first-order valence-corrected chi connectivity index (χ1v) is 7.38. The molecule has 19 heavy (non-hydrogen) atoms. The Labute approximate surface area is 115 Å². The molecule has 0 bridgehead atoms. The zero-order valence-electron chi connectivity index (χ0n) is 11.0. The second kappa shape index (κ2) is 6.24. The van der Waals surface area contributed by atoms with Gasteiger partial charge in [0.1, 0.15) is 0 Å². The lowest BCUT2D eigenvalue weighted by Crippen LogP contribution is -2.35. The van der Waals surface area contributed by atoms with E-state index in [9.17, 15) is 13.2 Å². The van der Waals surface area contributed by atoms with Crippen LogP contribution in [0.1, 0.15) is 29.5 Å². The summed E-state index contributed by atoms with van der Waals surface area (Å²) < 4.78 is 37.6. The maximum atomic E-state index is 12.5. The number of nitrogens with zero attached hydrogens (tertiary/aromatic N) is 1. The molecule has 1 fully saturated rings. The second-order valence-electron chi connectivity index (χ2n) is 4.90. The zero-order valence-corrected chi connectivity index (χ0v) is 11.8. The number of thiophene rings is 1. The van der Waals surface area contributed by atoms with E-state index in [1.807, 2.05) is 19.1 Å². The van der Waals surface area contributed by atoms with Crippen molar-refractivity contribution in [3.8, 4) is 0 Å². The highest BCUT2D eigenvalue weighted by Gasteiger charge is 2.38. The fraction of sp³-hybridized carbons (Fsp3) is 0.692. The molecular weight excluding hydrogens is 273 g/mol. The maximum Gasteiger partial charge on any atom is 0.401 e. The fourth-order valence-corrected chi connectivity index (χ4v) is 3.05.